The van der Waals surface area contributed by atoms with Crippen molar-refractivity contribution >= 4 is 0 Å². The van der Waals surface area contributed by atoms with Gasteiger partial charge < -0.3 is 5.32 Å². The molecule has 1 saturated carbocycles. The Labute approximate surface area is 96.0 Å². The normalized spacial score (nSPS) is 21.4. The second kappa shape index (κ2) is 5.34. The quantitative estimate of drug-likeness (QED) is 0.704. The minimum atomic E-state index is 0.498. The van der Waals surface area contributed by atoms with Crippen molar-refractivity contribution in [2.45, 2.75) is 66.3 Å². The lowest BCUT2D eigenvalue weighted by atomic mass is 9.83. The maximum absolute atomic E-state index is 3.63. The predicted molar refractivity (Wildman–Crippen MR) is 68.0 cm³/mol. The van der Waals surface area contributed by atoms with Gasteiger partial charge in [0.2, 0.25) is 0 Å². The lowest BCUT2D eigenvalue weighted by Gasteiger charge is -2.25. The van der Waals surface area contributed by atoms with Crippen molar-refractivity contribution < 1.29 is 0 Å². The Bertz CT molecular complexity index is 176. The molecule has 0 aromatic carbocycles. The molecule has 1 nitrogen and oxygen atoms in total. The summed E-state index contributed by atoms with van der Waals surface area (Å²) in [5.74, 6) is 1.68. The van der Waals surface area contributed by atoms with E-state index in [1.165, 1.54) is 32.2 Å². The lowest BCUT2D eigenvalue weighted by molar-refractivity contribution is 0.278. The van der Waals surface area contributed by atoms with Crippen LogP contribution >= 0.6 is 0 Å². The van der Waals surface area contributed by atoms with Gasteiger partial charge in [-0.05, 0) is 49.5 Å². The Kier molecular flexibility index (Phi) is 4.64. The molecule has 15 heavy (non-hydrogen) atoms. The fourth-order valence-corrected chi connectivity index (χ4v) is 1.79. The minimum Gasteiger partial charge on any atom is -0.314 e. The maximum atomic E-state index is 3.63. The van der Waals surface area contributed by atoms with E-state index in [0.717, 1.165) is 17.9 Å². The van der Waals surface area contributed by atoms with Crippen LogP contribution in [0.2, 0.25) is 0 Å². The van der Waals surface area contributed by atoms with Crippen molar-refractivity contribution in [3.8, 4) is 0 Å². The third-order valence-electron chi connectivity index (χ3n) is 3.63. The minimum absolute atomic E-state index is 0.498. The molecule has 0 heterocycles. The van der Waals surface area contributed by atoms with E-state index in [-0.39, 0.29) is 0 Å². The average molecular weight is 211 g/mol. The summed E-state index contributed by atoms with van der Waals surface area (Å²) in [6.07, 6.45) is 5.53. The summed E-state index contributed by atoms with van der Waals surface area (Å²) in [5, 5.41) is 3.63. The molecule has 1 heteroatoms. The highest BCUT2D eigenvalue weighted by Gasteiger charge is 2.22. The molecule has 0 saturated heterocycles. The first-order valence-electron chi connectivity index (χ1n) is 6.62. The van der Waals surface area contributed by atoms with E-state index in [4.69, 9.17) is 0 Å². The highest BCUT2D eigenvalue weighted by Crippen LogP contribution is 2.27. The summed E-state index contributed by atoms with van der Waals surface area (Å²) >= 11 is 0. The molecule has 1 aliphatic carbocycles. The highest BCUT2D eigenvalue weighted by molar-refractivity contribution is 4.82. The third-order valence-corrected chi connectivity index (χ3v) is 3.63. The van der Waals surface area contributed by atoms with Crippen LogP contribution in [-0.4, -0.2) is 12.6 Å². The summed E-state index contributed by atoms with van der Waals surface area (Å²) in [5.41, 5.74) is 0.498. The maximum Gasteiger partial charge on any atom is 0.00683 e. The highest BCUT2D eigenvalue weighted by atomic mass is 14.9. The first-order chi connectivity index (χ1) is 6.88. The van der Waals surface area contributed by atoms with E-state index in [2.05, 4.69) is 39.9 Å². The number of rotatable bonds is 6. The van der Waals surface area contributed by atoms with Crippen molar-refractivity contribution in [2.24, 2.45) is 17.3 Å². The van der Waals surface area contributed by atoms with Gasteiger partial charge >= 0.3 is 0 Å². The number of hydrogen-bond donors (Lipinski definition) is 1. The Morgan fingerprint density at radius 2 is 1.73 bits per heavy atom. The average Bonchev–Trinajstić information content (AvgIpc) is 2.92. The van der Waals surface area contributed by atoms with Gasteiger partial charge in [-0.25, -0.2) is 0 Å². The second-order valence-corrected chi connectivity index (χ2v) is 6.74. The molecule has 0 aromatic heterocycles. The summed E-state index contributed by atoms with van der Waals surface area (Å²) in [6.45, 7) is 13.0. The van der Waals surface area contributed by atoms with Gasteiger partial charge in [-0.15, -0.1) is 0 Å². The van der Waals surface area contributed by atoms with Gasteiger partial charge in [0.1, 0.15) is 0 Å². The zero-order valence-electron chi connectivity index (χ0n) is 11.3. The largest absolute Gasteiger partial charge is 0.314 e. The van der Waals surface area contributed by atoms with Crippen molar-refractivity contribution in [1.29, 1.82) is 0 Å². The zero-order chi connectivity index (χ0) is 11.5. The summed E-state index contributed by atoms with van der Waals surface area (Å²) in [4.78, 5) is 0. The third kappa shape index (κ3) is 6.19. The van der Waals surface area contributed by atoms with Gasteiger partial charge in [0.05, 0.1) is 0 Å². The molecule has 2 unspecified atom stereocenters. The SMILES string of the molecule is CC(CCC(C)(C)C)C(C)CNC1CC1. The topological polar surface area (TPSA) is 12.0 Å². The molecule has 0 amide bonds. The molecular weight excluding hydrogens is 182 g/mol. The van der Waals surface area contributed by atoms with Crippen LogP contribution in [0, 0.1) is 17.3 Å². The molecule has 1 fully saturated rings. The molecule has 90 valence electrons. The number of nitrogens with one attached hydrogen (secondary N) is 1. The van der Waals surface area contributed by atoms with Gasteiger partial charge in [-0.1, -0.05) is 34.6 Å². The Morgan fingerprint density at radius 3 is 2.20 bits per heavy atom. The van der Waals surface area contributed by atoms with Crippen LogP contribution < -0.4 is 5.32 Å². The van der Waals surface area contributed by atoms with Gasteiger partial charge in [0.15, 0.2) is 0 Å². The molecule has 0 aliphatic heterocycles. The van der Waals surface area contributed by atoms with Crippen LogP contribution in [0.1, 0.15) is 60.3 Å². The van der Waals surface area contributed by atoms with Crippen LogP contribution in [0.25, 0.3) is 0 Å². The predicted octanol–water partition coefficient (Wildman–Crippen LogP) is 3.84. The molecule has 1 rings (SSSR count). The standard InChI is InChI=1S/C14H29N/c1-11(8-9-14(3,4)5)12(2)10-15-13-6-7-13/h11-13,15H,6-10H2,1-5H3. The number of hydrogen-bond acceptors (Lipinski definition) is 1. The van der Waals surface area contributed by atoms with Crippen LogP contribution in [0.5, 0.6) is 0 Å². The van der Waals surface area contributed by atoms with Crippen molar-refractivity contribution in [2.75, 3.05) is 6.54 Å². The second-order valence-electron chi connectivity index (χ2n) is 6.74. The van der Waals surface area contributed by atoms with Gasteiger partial charge in [-0.3, -0.25) is 0 Å². The van der Waals surface area contributed by atoms with E-state index >= 15 is 0 Å². The monoisotopic (exact) mass is 211 g/mol. The molecule has 1 N–H and O–H groups in total. The van der Waals surface area contributed by atoms with Crippen LogP contribution in [-0.2, 0) is 0 Å². The van der Waals surface area contributed by atoms with Crippen molar-refractivity contribution in [3.05, 3.63) is 0 Å². The summed E-state index contributed by atoms with van der Waals surface area (Å²) < 4.78 is 0. The smallest absolute Gasteiger partial charge is 0.00683 e. The molecule has 2 atom stereocenters. The fourth-order valence-electron chi connectivity index (χ4n) is 1.79. The van der Waals surface area contributed by atoms with E-state index in [1.54, 1.807) is 0 Å². The van der Waals surface area contributed by atoms with E-state index in [9.17, 15) is 0 Å². The molecule has 1 aliphatic rings. The lowest BCUT2D eigenvalue weighted by Crippen LogP contribution is -2.27. The summed E-state index contributed by atoms with van der Waals surface area (Å²) in [7, 11) is 0. The Balaban J connectivity index is 2.10. The Morgan fingerprint density at radius 1 is 1.13 bits per heavy atom. The molecule has 0 radical (unpaired) electrons. The molecule has 0 bridgehead atoms. The zero-order valence-corrected chi connectivity index (χ0v) is 11.3. The van der Waals surface area contributed by atoms with Gasteiger partial charge in [0.25, 0.3) is 0 Å². The first-order valence-corrected chi connectivity index (χ1v) is 6.62. The molecular formula is C14H29N. The van der Waals surface area contributed by atoms with Gasteiger partial charge in [-0.2, -0.15) is 0 Å². The van der Waals surface area contributed by atoms with E-state index in [1.807, 2.05) is 0 Å². The van der Waals surface area contributed by atoms with Crippen LogP contribution in [0.3, 0.4) is 0 Å². The molecule has 0 aromatic rings. The fraction of sp³-hybridized carbons (Fsp3) is 1.00. The van der Waals surface area contributed by atoms with Crippen molar-refractivity contribution in [3.63, 3.8) is 0 Å². The van der Waals surface area contributed by atoms with Crippen LogP contribution in [0.15, 0.2) is 0 Å². The van der Waals surface area contributed by atoms with Gasteiger partial charge in [0, 0.05) is 6.04 Å². The van der Waals surface area contributed by atoms with Crippen molar-refractivity contribution in [1.82, 2.24) is 5.32 Å². The molecule has 0 spiro atoms. The first kappa shape index (κ1) is 13.0. The van der Waals surface area contributed by atoms with E-state index in [0.29, 0.717) is 5.41 Å². The Hall–Kier alpha value is -0.0400. The van der Waals surface area contributed by atoms with E-state index < -0.39 is 0 Å². The van der Waals surface area contributed by atoms with Crippen LogP contribution in [0.4, 0.5) is 0 Å². The summed E-state index contributed by atoms with van der Waals surface area (Å²) in [6, 6.07) is 0.863.